The first-order valence-corrected chi connectivity index (χ1v) is 7.75. The topological polar surface area (TPSA) is 89.3 Å². The maximum Gasteiger partial charge on any atom is 0.312 e. The van der Waals surface area contributed by atoms with Gasteiger partial charge in [0.2, 0.25) is 0 Å². The number of carbonyl (C=O) groups is 1. The Morgan fingerprint density at radius 1 is 1.12 bits per heavy atom. The number of imidazole rings is 1. The van der Waals surface area contributed by atoms with Gasteiger partial charge in [-0.2, -0.15) is 5.10 Å². The number of aromatic nitrogens is 4. The number of H-pyrrole nitrogens is 1. The number of aromatic amines is 1. The largest absolute Gasteiger partial charge is 0.459 e. The van der Waals surface area contributed by atoms with Crippen LogP contribution in [0.2, 0.25) is 0 Å². The third-order valence-corrected chi connectivity index (χ3v) is 3.88. The molecule has 0 amide bonds. The zero-order chi connectivity index (χ0) is 17.2. The zero-order valence-corrected chi connectivity index (χ0v) is 13.2. The van der Waals surface area contributed by atoms with Crippen LogP contribution in [0.5, 0.6) is 0 Å². The van der Waals surface area contributed by atoms with Crippen molar-refractivity contribution in [3.05, 3.63) is 76.6 Å². The molecule has 0 unspecified atom stereocenters. The predicted molar refractivity (Wildman–Crippen MR) is 91.1 cm³/mol. The smallest absolute Gasteiger partial charge is 0.312 e. The van der Waals surface area contributed by atoms with Gasteiger partial charge in [-0.1, -0.05) is 24.3 Å². The lowest BCUT2D eigenvalue weighted by Gasteiger charge is -2.05. The van der Waals surface area contributed by atoms with Crippen LogP contribution < -0.4 is 5.56 Å². The Balaban J connectivity index is 1.49. The molecule has 0 bridgehead atoms. The van der Waals surface area contributed by atoms with E-state index in [1.165, 1.54) is 0 Å². The molecule has 0 aliphatic heterocycles. The number of ether oxygens (including phenoxy) is 1. The summed E-state index contributed by atoms with van der Waals surface area (Å²) >= 11 is 0. The van der Waals surface area contributed by atoms with E-state index in [4.69, 9.17) is 4.74 Å². The van der Waals surface area contributed by atoms with Crippen molar-refractivity contribution in [1.82, 2.24) is 19.6 Å². The Kier molecular flexibility index (Phi) is 3.74. The fourth-order valence-corrected chi connectivity index (χ4v) is 2.71. The Morgan fingerprint density at radius 3 is 2.76 bits per heavy atom. The lowest BCUT2D eigenvalue weighted by atomic mass is 10.1. The molecule has 25 heavy (non-hydrogen) atoms. The van der Waals surface area contributed by atoms with E-state index in [0.29, 0.717) is 22.2 Å². The molecule has 4 aromatic rings. The summed E-state index contributed by atoms with van der Waals surface area (Å²) in [5.74, 6) is -0.429. The van der Waals surface area contributed by atoms with Crippen LogP contribution in [0.1, 0.15) is 11.4 Å². The van der Waals surface area contributed by atoms with Crippen molar-refractivity contribution in [2.75, 3.05) is 0 Å². The van der Waals surface area contributed by atoms with Gasteiger partial charge in [0.05, 0.1) is 23.2 Å². The molecule has 0 aliphatic rings. The predicted octanol–water partition coefficient (Wildman–Crippen LogP) is 1.86. The van der Waals surface area contributed by atoms with Gasteiger partial charge >= 0.3 is 5.97 Å². The Labute approximate surface area is 141 Å². The molecule has 124 valence electrons. The van der Waals surface area contributed by atoms with Gasteiger partial charge in [0.15, 0.2) is 0 Å². The molecule has 0 fully saturated rings. The van der Waals surface area contributed by atoms with Crippen LogP contribution in [0.4, 0.5) is 0 Å². The number of rotatable bonds is 4. The molecule has 0 aliphatic carbocycles. The molecular formula is C18H14N4O3. The Hall–Kier alpha value is -3.48. The highest BCUT2D eigenvalue weighted by Crippen LogP contribution is 2.13. The van der Waals surface area contributed by atoms with E-state index in [0.717, 1.165) is 5.65 Å². The molecule has 7 nitrogen and oxygen atoms in total. The first-order valence-electron chi connectivity index (χ1n) is 7.75. The highest BCUT2D eigenvalue weighted by Gasteiger charge is 2.12. The minimum Gasteiger partial charge on any atom is -0.459 e. The summed E-state index contributed by atoms with van der Waals surface area (Å²) in [6, 6.07) is 12.7. The summed E-state index contributed by atoms with van der Waals surface area (Å²) in [5.41, 5.74) is 1.66. The second-order valence-corrected chi connectivity index (χ2v) is 5.58. The van der Waals surface area contributed by atoms with E-state index in [1.54, 1.807) is 24.3 Å². The zero-order valence-electron chi connectivity index (χ0n) is 13.2. The number of benzene rings is 1. The van der Waals surface area contributed by atoms with E-state index < -0.39 is 5.97 Å². The second-order valence-electron chi connectivity index (χ2n) is 5.58. The molecule has 3 heterocycles. The lowest BCUT2D eigenvalue weighted by Crippen LogP contribution is -2.15. The third kappa shape index (κ3) is 2.99. The number of hydrogen-bond donors (Lipinski definition) is 1. The Bertz CT molecular complexity index is 1100. The van der Waals surface area contributed by atoms with Crippen molar-refractivity contribution in [1.29, 1.82) is 0 Å². The molecule has 7 heteroatoms. The molecule has 4 rings (SSSR count). The molecule has 3 aromatic heterocycles. The molecule has 0 saturated heterocycles. The number of esters is 1. The van der Waals surface area contributed by atoms with Gasteiger partial charge in [0.1, 0.15) is 12.3 Å². The molecule has 0 radical (unpaired) electrons. The van der Waals surface area contributed by atoms with Gasteiger partial charge in [-0.15, -0.1) is 0 Å². The number of carbonyl (C=O) groups excluding carboxylic acids is 1. The molecule has 0 atom stereocenters. The van der Waals surface area contributed by atoms with E-state index in [9.17, 15) is 9.59 Å². The van der Waals surface area contributed by atoms with E-state index in [1.807, 2.05) is 35.0 Å². The third-order valence-electron chi connectivity index (χ3n) is 3.88. The first kappa shape index (κ1) is 15.1. The normalized spacial score (nSPS) is 11.0. The minimum absolute atomic E-state index is 0.0232. The van der Waals surface area contributed by atoms with Crippen LogP contribution in [0.25, 0.3) is 16.4 Å². The van der Waals surface area contributed by atoms with E-state index >= 15 is 0 Å². The van der Waals surface area contributed by atoms with Crippen LogP contribution in [-0.4, -0.2) is 25.6 Å². The molecule has 0 spiro atoms. The average molecular weight is 334 g/mol. The van der Waals surface area contributed by atoms with E-state index in [-0.39, 0.29) is 18.6 Å². The number of fused-ring (bicyclic) bond motifs is 2. The van der Waals surface area contributed by atoms with Gasteiger partial charge < -0.3 is 9.14 Å². The van der Waals surface area contributed by atoms with Crippen LogP contribution in [0.15, 0.2) is 59.7 Å². The summed E-state index contributed by atoms with van der Waals surface area (Å²) < 4.78 is 7.16. The van der Waals surface area contributed by atoms with Crippen molar-refractivity contribution in [3.8, 4) is 0 Å². The minimum atomic E-state index is -0.429. The number of nitrogens with zero attached hydrogens (tertiary/aromatic N) is 3. The monoisotopic (exact) mass is 334 g/mol. The first-order chi connectivity index (χ1) is 12.2. The maximum atomic E-state index is 12.1. The summed E-state index contributed by atoms with van der Waals surface area (Å²) in [7, 11) is 0. The maximum absolute atomic E-state index is 12.1. The van der Waals surface area contributed by atoms with Gasteiger partial charge in [0.25, 0.3) is 5.56 Å². The molecule has 0 saturated carbocycles. The van der Waals surface area contributed by atoms with Crippen LogP contribution in [0, 0.1) is 0 Å². The fraction of sp³-hybridized carbons (Fsp3) is 0.111. The van der Waals surface area contributed by atoms with Crippen LogP contribution in [-0.2, 0) is 22.6 Å². The van der Waals surface area contributed by atoms with Crippen LogP contribution >= 0.6 is 0 Å². The van der Waals surface area contributed by atoms with Crippen molar-refractivity contribution in [3.63, 3.8) is 0 Å². The van der Waals surface area contributed by atoms with Gasteiger partial charge in [-0.3, -0.25) is 9.59 Å². The van der Waals surface area contributed by atoms with Gasteiger partial charge in [-0.25, -0.2) is 10.1 Å². The quantitative estimate of drug-likeness (QED) is 0.575. The Morgan fingerprint density at radius 2 is 1.92 bits per heavy atom. The van der Waals surface area contributed by atoms with Crippen molar-refractivity contribution >= 4 is 22.4 Å². The highest BCUT2D eigenvalue weighted by molar-refractivity contribution is 5.86. The summed E-state index contributed by atoms with van der Waals surface area (Å²) in [6.07, 6.45) is 3.67. The van der Waals surface area contributed by atoms with Crippen molar-refractivity contribution < 1.29 is 9.53 Å². The second kappa shape index (κ2) is 6.20. The lowest BCUT2D eigenvalue weighted by molar-refractivity contribution is -0.144. The number of nitrogens with one attached hydrogen (secondary N) is 1. The average Bonchev–Trinajstić information content (AvgIpc) is 3.06. The number of hydrogen-bond acceptors (Lipinski definition) is 5. The molecular weight excluding hydrogens is 320 g/mol. The summed E-state index contributed by atoms with van der Waals surface area (Å²) in [5, 5.41) is 7.54. The van der Waals surface area contributed by atoms with Gasteiger partial charge in [0, 0.05) is 17.8 Å². The fourth-order valence-electron chi connectivity index (χ4n) is 2.71. The van der Waals surface area contributed by atoms with Crippen LogP contribution in [0.3, 0.4) is 0 Å². The number of pyridine rings is 1. The SMILES string of the molecule is O=C(Cc1n[nH]c(=O)c2ccccc12)OCc1cn2ccccc2n1. The van der Waals surface area contributed by atoms with Crippen molar-refractivity contribution in [2.24, 2.45) is 0 Å². The summed E-state index contributed by atoms with van der Waals surface area (Å²) in [6.45, 7) is 0.0851. The van der Waals surface area contributed by atoms with Gasteiger partial charge in [-0.05, 0) is 18.2 Å². The standard InChI is InChI=1S/C18H14N4O3/c23-17(25-11-12-10-22-8-4-3-7-16(22)19-12)9-15-13-5-1-2-6-14(13)18(24)21-20-15/h1-8,10H,9,11H2,(H,21,24). The summed E-state index contributed by atoms with van der Waals surface area (Å²) in [4.78, 5) is 28.3. The molecule has 1 N–H and O–H groups in total. The van der Waals surface area contributed by atoms with Crippen molar-refractivity contribution in [2.45, 2.75) is 13.0 Å². The molecule has 1 aromatic carbocycles. The van der Waals surface area contributed by atoms with E-state index in [2.05, 4.69) is 15.2 Å². The highest BCUT2D eigenvalue weighted by atomic mass is 16.5.